The summed E-state index contributed by atoms with van der Waals surface area (Å²) < 4.78 is 15.6. The van der Waals surface area contributed by atoms with Crippen LogP contribution in [0.15, 0.2) is 59.1 Å². The Morgan fingerprint density at radius 1 is 1.08 bits per heavy atom. The summed E-state index contributed by atoms with van der Waals surface area (Å²) in [5.41, 5.74) is 1.62. The van der Waals surface area contributed by atoms with E-state index in [0.29, 0.717) is 17.5 Å². The van der Waals surface area contributed by atoms with E-state index in [0.717, 1.165) is 11.1 Å². The van der Waals surface area contributed by atoms with E-state index in [-0.39, 0.29) is 19.0 Å². The molecule has 0 radical (unpaired) electrons. The van der Waals surface area contributed by atoms with Crippen LogP contribution in [0.25, 0.3) is 11.4 Å². The Hall–Kier alpha value is -3.15. The lowest BCUT2D eigenvalue weighted by Gasteiger charge is -2.08. The van der Waals surface area contributed by atoms with Crippen molar-refractivity contribution in [1.29, 1.82) is 0 Å². The van der Waals surface area contributed by atoms with Crippen molar-refractivity contribution in [2.24, 2.45) is 0 Å². The summed E-state index contributed by atoms with van der Waals surface area (Å²) in [5.74, 6) is 1.14. The van der Waals surface area contributed by atoms with Crippen LogP contribution in [0.5, 0.6) is 5.75 Å². The number of esters is 1. The summed E-state index contributed by atoms with van der Waals surface area (Å²) in [4.78, 5) is 15.8. The fourth-order valence-electron chi connectivity index (χ4n) is 2.18. The second-order valence-corrected chi connectivity index (χ2v) is 5.03. The Kier molecular flexibility index (Phi) is 4.86. The van der Waals surface area contributed by atoms with Crippen LogP contribution in [0.3, 0.4) is 0 Å². The standard InChI is InChI=1S/C18H16N2O4/c1-22-17(21)11-14-9-5-6-10-15(14)23-12-16-19-18(20-24-16)13-7-3-2-4-8-13/h2-10H,11-12H2,1H3. The second-order valence-electron chi connectivity index (χ2n) is 5.03. The molecular formula is C18H16N2O4. The number of hydrogen-bond acceptors (Lipinski definition) is 6. The second kappa shape index (κ2) is 7.41. The molecule has 0 aliphatic rings. The molecule has 0 bridgehead atoms. The maximum Gasteiger partial charge on any atom is 0.310 e. The first-order valence-corrected chi connectivity index (χ1v) is 7.42. The van der Waals surface area contributed by atoms with Gasteiger partial charge < -0.3 is 14.0 Å². The van der Waals surface area contributed by atoms with E-state index < -0.39 is 0 Å². The largest absolute Gasteiger partial charge is 0.483 e. The number of rotatable bonds is 6. The van der Waals surface area contributed by atoms with Gasteiger partial charge in [-0.25, -0.2) is 0 Å². The third-order valence-corrected chi connectivity index (χ3v) is 3.39. The van der Waals surface area contributed by atoms with E-state index in [1.54, 1.807) is 6.07 Å². The molecule has 6 heteroatoms. The number of para-hydroxylation sites is 1. The zero-order valence-corrected chi connectivity index (χ0v) is 13.1. The highest BCUT2D eigenvalue weighted by Crippen LogP contribution is 2.21. The van der Waals surface area contributed by atoms with Gasteiger partial charge in [0.2, 0.25) is 5.82 Å². The Labute approximate surface area is 139 Å². The van der Waals surface area contributed by atoms with Crippen LogP contribution in [-0.4, -0.2) is 23.2 Å². The first-order valence-electron chi connectivity index (χ1n) is 7.42. The number of carbonyl (C=O) groups is 1. The fraction of sp³-hybridized carbons (Fsp3) is 0.167. The smallest absolute Gasteiger partial charge is 0.310 e. The van der Waals surface area contributed by atoms with Gasteiger partial charge in [0, 0.05) is 11.1 Å². The summed E-state index contributed by atoms with van der Waals surface area (Å²) in [5, 5.41) is 3.94. The van der Waals surface area contributed by atoms with E-state index in [4.69, 9.17) is 9.26 Å². The van der Waals surface area contributed by atoms with Crippen LogP contribution in [0.1, 0.15) is 11.5 Å². The molecule has 24 heavy (non-hydrogen) atoms. The lowest BCUT2D eigenvalue weighted by atomic mass is 10.1. The number of hydrogen-bond donors (Lipinski definition) is 0. The zero-order chi connectivity index (χ0) is 16.8. The van der Waals surface area contributed by atoms with Crippen LogP contribution in [-0.2, 0) is 22.6 Å². The molecule has 0 saturated carbocycles. The number of nitrogens with zero attached hydrogens (tertiary/aromatic N) is 2. The number of carbonyl (C=O) groups excluding carboxylic acids is 1. The predicted molar refractivity (Wildman–Crippen MR) is 86.2 cm³/mol. The molecule has 0 saturated heterocycles. The number of methoxy groups -OCH3 is 1. The van der Waals surface area contributed by atoms with Gasteiger partial charge in [-0.3, -0.25) is 4.79 Å². The van der Waals surface area contributed by atoms with Gasteiger partial charge in [0.05, 0.1) is 13.5 Å². The molecule has 0 atom stereocenters. The molecule has 0 amide bonds. The van der Waals surface area contributed by atoms with Gasteiger partial charge in [0.1, 0.15) is 5.75 Å². The lowest BCUT2D eigenvalue weighted by Crippen LogP contribution is -2.06. The molecule has 0 aliphatic carbocycles. The van der Waals surface area contributed by atoms with Gasteiger partial charge in [-0.05, 0) is 6.07 Å². The van der Waals surface area contributed by atoms with E-state index in [9.17, 15) is 4.79 Å². The Morgan fingerprint density at radius 3 is 2.62 bits per heavy atom. The third-order valence-electron chi connectivity index (χ3n) is 3.39. The number of ether oxygens (including phenoxy) is 2. The minimum atomic E-state index is -0.324. The van der Waals surface area contributed by atoms with Crippen molar-refractivity contribution in [3.63, 3.8) is 0 Å². The number of aromatic nitrogens is 2. The minimum absolute atomic E-state index is 0.123. The van der Waals surface area contributed by atoms with Crippen molar-refractivity contribution in [1.82, 2.24) is 10.1 Å². The van der Waals surface area contributed by atoms with Crippen LogP contribution < -0.4 is 4.74 Å². The molecule has 0 spiro atoms. The topological polar surface area (TPSA) is 74.5 Å². The molecule has 0 fully saturated rings. The average molecular weight is 324 g/mol. The zero-order valence-electron chi connectivity index (χ0n) is 13.1. The highest BCUT2D eigenvalue weighted by atomic mass is 16.5. The van der Waals surface area contributed by atoms with E-state index in [1.165, 1.54) is 7.11 Å². The van der Waals surface area contributed by atoms with E-state index in [2.05, 4.69) is 14.9 Å². The van der Waals surface area contributed by atoms with E-state index >= 15 is 0 Å². The summed E-state index contributed by atoms with van der Waals surface area (Å²) in [6.45, 7) is 0.123. The summed E-state index contributed by atoms with van der Waals surface area (Å²) in [7, 11) is 1.36. The maximum absolute atomic E-state index is 11.4. The predicted octanol–water partition coefficient (Wildman–Crippen LogP) is 3.03. The third kappa shape index (κ3) is 3.78. The summed E-state index contributed by atoms with van der Waals surface area (Å²) in [6.07, 6.45) is 0.145. The molecule has 122 valence electrons. The highest BCUT2D eigenvalue weighted by molar-refractivity contribution is 5.73. The lowest BCUT2D eigenvalue weighted by molar-refractivity contribution is -0.139. The van der Waals surface area contributed by atoms with Crippen molar-refractivity contribution < 1.29 is 18.8 Å². The molecule has 0 unspecified atom stereocenters. The molecule has 3 rings (SSSR count). The SMILES string of the molecule is COC(=O)Cc1ccccc1OCc1nc(-c2ccccc2)no1. The maximum atomic E-state index is 11.4. The van der Waals surface area contributed by atoms with Crippen molar-refractivity contribution >= 4 is 5.97 Å². The summed E-state index contributed by atoms with van der Waals surface area (Å²) in [6, 6.07) is 16.8. The van der Waals surface area contributed by atoms with Crippen molar-refractivity contribution in [2.45, 2.75) is 13.0 Å². The van der Waals surface area contributed by atoms with Crippen LogP contribution in [0, 0.1) is 0 Å². The molecule has 6 nitrogen and oxygen atoms in total. The van der Waals surface area contributed by atoms with Gasteiger partial charge in [-0.2, -0.15) is 4.98 Å². The first-order chi connectivity index (χ1) is 11.8. The van der Waals surface area contributed by atoms with Crippen molar-refractivity contribution in [3.8, 4) is 17.1 Å². The molecule has 1 heterocycles. The summed E-state index contributed by atoms with van der Waals surface area (Å²) >= 11 is 0. The Balaban J connectivity index is 1.68. The Morgan fingerprint density at radius 2 is 1.83 bits per heavy atom. The van der Waals surface area contributed by atoms with Gasteiger partial charge in [-0.15, -0.1) is 0 Å². The van der Waals surface area contributed by atoms with Gasteiger partial charge in [0.15, 0.2) is 6.61 Å². The van der Waals surface area contributed by atoms with E-state index in [1.807, 2.05) is 48.5 Å². The van der Waals surface area contributed by atoms with Crippen LogP contribution in [0.2, 0.25) is 0 Å². The molecule has 1 aromatic heterocycles. The molecule has 0 N–H and O–H groups in total. The average Bonchev–Trinajstić information content (AvgIpc) is 3.10. The van der Waals surface area contributed by atoms with Gasteiger partial charge >= 0.3 is 5.97 Å². The molecule has 2 aromatic carbocycles. The van der Waals surface area contributed by atoms with Crippen LogP contribution >= 0.6 is 0 Å². The molecule has 0 aliphatic heterocycles. The minimum Gasteiger partial charge on any atom is -0.483 e. The Bertz CT molecular complexity index is 815. The quantitative estimate of drug-likeness (QED) is 0.649. The first kappa shape index (κ1) is 15.7. The van der Waals surface area contributed by atoms with Gasteiger partial charge in [0.25, 0.3) is 5.89 Å². The van der Waals surface area contributed by atoms with Crippen molar-refractivity contribution in [2.75, 3.05) is 7.11 Å². The fourth-order valence-corrected chi connectivity index (χ4v) is 2.18. The highest BCUT2D eigenvalue weighted by Gasteiger charge is 2.12. The van der Waals surface area contributed by atoms with Crippen LogP contribution in [0.4, 0.5) is 0 Å². The normalized spacial score (nSPS) is 10.4. The van der Waals surface area contributed by atoms with Gasteiger partial charge in [-0.1, -0.05) is 53.7 Å². The molecule has 3 aromatic rings. The number of benzene rings is 2. The molecular weight excluding hydrogens is 308 g/mol. The van der Waals surface area contributed by atoms with Crippen molar-refractivity contribution in [3.05, 3.63) is 66.1 Å². The monoisotopic (exact) mass is 324 g/mol.